The lowest BCUT2D eigenvalue weighted by atomic mass is 9.98. The lowest BCUT2D eigenvalue weighted by molar-refractivity contribution is 1.13. The van der Waals surface area contributed by atoms with Gasteiger partial charge in [-0.15, -0.1) is 0 Å². The fourth-order valence-electron chi connectivity index (χ4n) is 11.2. The summed E-state index contributed by atoms with van der Waals surface area (Å²) in [6.07, 6.45) is 1.69. The molecule has 0 aliphatic carbocycles. The van der Waals surface area contributed by atoms with Crippen molar-refractivity contribution in [3.8, 4) is 67.3 Å². The zero-order valence-electron chi connectivity index (χ0n) is 38.5. The van der Waals surface area contributed by atoms with Gasteiger partial charge in [0.15, 0.2) is 0 Å². The first kappa shape index (κ1) is 41.4. The van der Waals surface area contributed by atoms with Crippen molar-refractivity contribution < 1.29 is 0 Å². The molecule has 0 spiro atoms. The molecule has 0 atom stereocenters. The van der Waals surface area contributed by atoms with Crippen LogP contribution < -0.4 is 9.80 Å². The maximum Gasteiger partial charge on any atom is 0.0641 e. The number of rotatable bonds is 5. The Kier molecular flexibility index (Phi) is 10.1. The van der Waals surface area contributed by atoms with Gasteiger partial charge in [-0.3, -0.25) is 0 Å². The average Bonchev–Trinajstić information content (AvgIpc) is 3.88. The van der Waals surface area contributed by atoms with Crippen molar-refractivity contribution in [2.75, 3.05) is 16.1 Å². The van der Waals surface area contributed by atoms with E-state index in [2.05, 4.69) is 286 Å². The minimum Gasteiger partial charge on any atom is -0.309 e. The average molecular weight is 915 g/mol. The van der Waals surface area contributed by atoms with Crippen LogP contribution >= 0.6 is 12.6 Å². The van der Waals surface area contributed by atoms with Crippen LogP contribution in [0.25, 0.3) is 89.1 Å². The molecule has 5 heteroatoms. The van der Waals surface area contributed by atoms with Gasteiger partial charge in [0.25, 0.3) is 0 Å². The van der Waals surface area contributed by atoms with Gasteiger partial charge in [0.1, 0.15) is 0 Å². The summed E-state index contributed by atoms with van der Waals surface area (Å²) in [7, 11) is 0. The fraction of sp³-hybridized carbons (Fsp3) is 0.0154. The van der Waals surface area contributed by atoms with Crippen LogP contribution in [0.2, 0.25) is 0 Å². The van der Waals surface area contributed by atoms with Crippen LogP contribution in [0.4, 0.5) is 34.1 Å². The smallest absolute Gasteiger partial charge is 0.0641 e. The Hall–Kier alpha value is -8.77. The SMILES string of the molecule is CS.c1ccc(-c2cc(N3c4ccccc4-c4c(n(-c5ccccc5)c5ccccc45)-c4ccccc43)cc(N3c4ccccc4-c4c(n(-c5ccccc5)c5ccccc45)-c4ccccc43)c2)cc1. The van der Waals surface area contributed by atoms with E-state index in [1.807, 2.05) is 0 Å². The van der Waals surface area contributed by atoms with Crippen molar-refractivity contribution in [2.45, 2.75) is 0 Å². The molecule has 10 aromatic carbocycles. The molecule has 0 saturated carbocycles. The van der Waals surface area contributed by atoms with Gasteiger partial charge < -0.3 is 18.9 Å². The third kappa shape index (κ3) is 6.39. The summed E-state index contributed by atoms with van der Waals surface area (Å²) in [4.78, 5) is 5.01. The molecule has 0 radical (unpaired) electrons. The summed E-state index contributed by atoms with van der Waals surface area (Å²) in [5.41, 5.74) is 23.0. The third-order valence-electron chi connectivity index (χ3n) is 13.9. The summed E-state index contributed by atoms with van der Waals surface area (Å²) in [6.45, 7) is 0. The van der Waals surface area contributed by atoms with E-state index in [0.717, 1.165) is 67.8 Å². The Labute approximate surface area is 413 Å². The number of anilines is 6. The maximum atomic E-state index is 3.53. The second-order valence-corrected chi connectivity index (χ2v) is 17.7. The number of hydrogen-bond acceptors (Lipinski definition) is 3. The van der Waals surface area contributed by atoms with Crippen molar-refractivity contribution in [2.24, 2.45) is 0 Å². The van der Waals surface area contributed by atoms with Gasteiger partial charge in [-0.1, -0.05) is 176 Å². The quantitative estimate of drug-likeness (QED) is 0.173. The first-order chi connectivity index (χ1) is 34.8. The molecule has 4 nitrogen and oxygen atoms in total. The van der Waals surface area contributed by atoms with Crippen molar-refractivity contribution in [3.05, 3.63) is 255 Å². The zero-order valence-corrected chi connectivity index (χ0v) is 39.4. The fourth-order valence-corrected chi connectivity index (χ4v) is 11.2. The predicted molar refractivity (Wildman–Crippen MR) is 299 cm³/mol. The molecule has 2 aromatic heterocycles. The van der Waals surface area contributed by atoms with Crippen molar-refractivity contribution in [3.63, 3.8) is 0 Å². The highest BCUT2D eigenvalue weighted by Gasteiger charge is 2.34. The highest BCUT2D eigenvalue weighted by Crippen LogP contribution is 2.58. The Morgan fingerprint density at radius 1 is 0.271 bits per heavy atom. The number of para-hydroxylation sites is 8. The van der Waals surface area contributed by atoms with Crippen LogP contribution in [-0.4, -0.2) is 15.4 Å². The lowest BCUT2D eigenvalue weighted by Crippen LogP contribution is -2.15. The van der Waals surface area contributed by atoms with E-state index in [9.17, 15) is 0 Å². The summed E-state index contributed by atoms with van der Waals surface area (Å²) < 4.78 is 4.92. The van der Waals surface area contributed by atoms with E-state index in [1.54, 1.807) is 6.26 Å². The number of thiol groups is 1. The molecule has 4 heterocycles. The molecule has 0 fully saturated rings. The molecule has 0 unspecified atom stereocenters. The van der Waals surface area contributed by atoms with Crippen LogP contribution in [0.15, 0.2) is 255 Å². The van der Waals surface area contributed by atoms with E-state index in [0.29, 0.717) is 0 Å². The third-order valence-corrected chi connectivity index (χ3v) is 13.9. The highest BCUT2D eigenvalue weighted by molar-refractivity contribution is 7.79. The summed E-state index contributed by atoms with van der Waals surface area (Å²) in [6, 6.07) is 93.3. The summed E-state index contributed by atoms with van der Waals surface area (Å²) in [5, 5.41) is 2.44. The first-order valence-electron chi connectivity index (χ1n) is 23.8. The predicted octanol–water partition coefficient (Wildman–Crippen LogP) is 18.0. The molecule has 70 heavy (non-hydrogen) atoms. The Morgan fingerprint density at radius 3 is 1.03 bits per heavy atom. The second-order valence-electron chi connectivity index (χ2n) is 17.7. The van der Waals surface area contributed by atoms with Crippen molar-refractivity contribution >= 4 is 68.6 Å². The molecule has 0 bridgehead atoms. The van der Waals surface area contributed by atoms with E-state index >= 15 is 0 Å². The number of aromatic nitrogens is 2. The number of nitrogens with zero attached hydrogens (tertiary/aromatic N) is 4. The largest absolute Gasteiger partial charge is 0.309 e. The van der Waals surface area contributed by atoms with Gasteiger partial charge in [0.05, 0.1) is 45.2 Å². The Balaban J connectivity index is 0.00000237. The second kappa shape index (κ2) is 17.1. The molecule has 332 valence electrons. The van der Waals surface area contributed by atoms with E-state index in [1.165, 1.54) is 55.4 Å². The standard InChI is InChI=1S/C64H42N4.CH4S/c1-4-22-43(23-5-1)44-40-47(65-55-34-16-10-28-49(55)61-51-30-12-18-36-57(51)67(45-24-6-2-7-25-45)63(61)53-32-14-20-38-59(53)65)42-48(41-44)66-56-35-17-11-29-50(56)62-52-31-13-19-37-58(52)68(46-26-8-3-9-27-46)64(62)54-33-15-21-39-60(54)66;1-2/h1-42H;2H,1H3. The molecule has 12 aromatic rings. The van der Waals surface area contributed by atoms with Crippen LogP contribution in [0.5, 0.6) is 0 Å². The molecule has 0 saturated heterocycles. The van der Waals surface area contributed by atoms with Gasteiger partial charge in [0, 0.05) is 66.9 Å². The lowest BCUT2D eigenvalue weighted by Gasteiger charge is -2.32. The van der Waals surface area contributed by atoms with Gasteiger partial charge in [-0.25, -0.2) is 0 Å². The van der Waals surface area contributed by atoms with Crippen molar-refractivity contribution in [1.29, 1.82) is 0 Å². The highest BCUT2D eigenvalue weighted by atomic mass is 32.1. The van der Waals surface area contributed by atoms with Crippen LogP contribution in [0, 0.1) is 0 Å². The molecule has 2 aliphatic rings. The minimum absolute atomic E-state index is 1.07. The Morgan fingerprint density at radius 2 is 0.600 bits per heavy atom. The van der Waals surface area contributed by atoms with Gasteiger partial charge in [0.2, 0.25) is 0 Å². The van der Waals surface area contributed by atoms with Crippen molar-refractivity contribution in [1.82, 2.24) is 9.13 Å². The van der Waals surface area contributed by atoms with E-state index in [-0.39, 0.29) is 0 Å². The summed E-state index contributed by atoms with van der Waals surface area (Å²) in [5.74, 6) is 0. The maximum absolute atomic E-state index is 3.53. The van der Waals surface area contributed by atoms with Gasteiger partial charge in [-0.2, -0.15) is 12.6 Å². The molecule has 0 amide bonds. The number of benzene rings is 10. The zero-order chi connectivity index (χ0) is 46.7. The van der Waals surface area contributed by atoms with Crippen LogP contribution in [0.1, 0.15) is 0 Å². The minimum atomic E-state index is 1.07. The van der Waals surface area contributed by atoms with E-state index < -0.39 is 0 Å². The molecular weight excluding hydrogens is 869 g/mol. The van der Waals surface area contributed by atoms with Gasteiger partial charge >= 0.3 is 0 Å². The molecular formula is C65H46N4S. The molecule has 14 rings (SSSR count). The van der Waals surface area contributed by atoms with Crippen LogP contribution in [0.3, 0.4) is 0 Å². The Bertz CT molecular complexity index is 3690. The number of fused-ring (bicyclic) bond motifs is 14. The molecule has 0 N–H and O–H groups in total. The molecule has 2 aliphatic heterocycles. The van der Waals surface area contributed by atoms with Crippen LogP contribution in [-0.2, 0) is 0 Å². The van der Waals surface area contributed by atoms with Gasteiger partial charge in [-0.05, 0) is 96.2 Å². The first-order valence-corrected chi connectivity index (χ1v) is 24.7. The topological polar surface area (TPSA) is 16.3 Å². The summed E-state index contributed by atoms with van der Waals surface area (Å²) >= 11 is 3.53. The number of hydrogen-bond donors (Lipinski definition) is 1. The monoisotopic (exact) mass is 914 g/mol. The van der Waals surface area contributed by atoms with E-state index in [4.69, 9.17) is 0 Å². The normalized spacial score (nSPS) is 12.1.